The quantitative estimate of drug-likeness (QED) is 0.751. The summed E-state index contributed by atoms with van der Waals surface area (Å²) in [6.07, 6.45) is -1.28. The van der Waals surface area contributed by atoms with Crippen LogP contribution in [0.3, 0.4) is 0 Å². The molecule has 0 heterocycles. The standard InChI is InChI=1S/C9H10ClNO2/c1-5-2-6(4-7(10)3-5)8(12)9(11)13/h2-4,8,12H,1H3,(H2,11,13). The highest BCUT2D eigenvalue weighted by molar-refractivity contribution is 6.30. The van der Waals surface area contributed by atoms with Crippen LogP contribution in [-0.4, -0.2) is 11.0 Å². The number of carbonyl (C=O) groups excluding carboxylic acids is 1. The van der Waals surface area contributed by atoms with Crippen molar-refractivity contribution in [1.29, 1.82) is 0 Å². The number of amides is 1. The number of benzene rings is 1. The lowest BCUT2D eigenvalue weighted by atomic mass is 10.1. The first-order chi connectivity index (χ1) is 6.00. The molecular formula is C9H10ClNO2. The fourth-order valence-electron chi connectivity index (χ4n) is 1.09. The van der Waals surface area contributed by atoms with E-state index in [1.807, 2.05) is 6.92 Å². The molecule has 0 aliphatic carbocycles. The van der Waals surface area contributed by atoms with Crippen molar-refractivity contribution in [2.75, 3.05) is 0 Å². The molecule has 0 saturated carbocycles. The van der Waals surface area contributed by atoms with Crippen molar-refractivity contribution >= 4 is 17.5 Å². The molecule has 70 valence electrons. The fourth-order valence-corrected chi connectivity index (χ4v) is 1.38. The average molecular weight is 200 g/mol. The van der Waals surface area contributed by atoms with E-state index in [4.69, 9.17) is 17.3 Å². The number of carbonyl (C=O) groups is 1. The minimum Gasteiger partial charge on any atom is -0.378 e. The second-order valence-corrected chi connectivity index (χ2v) is 3.30. The van der Waals surface area contributed by atoms with Gasteiger partial charge in [-0.25, -0.2) is 0 Å². The Kier molecular flexibility index (Phi) is 2.90. The van der Waals surface area contributed by atoms with E-state index < -0.39 is 12.0 Å². The van der Waals surface area contributed by atoms with Crippen molar-refractivity contribution in [3.05, 3.63) is 34.3 Å². The van der Waals surface area contributed by atoms with Crippen molar-refractivity contribution < 1.29 is 9.90 Å². The summed E-state index contributed by atoms with van der Waals surface area (Å²) in [6.45, 7) is 1.82. The van der Waals surface area contributed by atoms with Gasteiger partial charge < -0.3 is 10.8 Å². The van der Waals surface area contributed by atoms with Crippen LogP contribution < -0.4 is 5.73 Å². The van der Waals surface area contributed by atoms with Gasteiger partial charge in [-0.15, -0.1) is 0 Å². The van der Waals surface area contributed by atoms with Crippen LogP contribution in [0.15, 0.2) is 18.2 Å². The van der Waals surface area contributed by atoms with Gasteiger partial charge in [0.15, 0.2) is 6.10 Å². The molecule has 0 fully saturated rings. The minimum atomic E-state index is -1.28. The first kappa shape index (κ1) is 10.0. The van der Waals surface area contributed by atoms with E-state index in [1.165, 1.54) is 6.07 Å². The Bertz CT molecular complexity index is 318. The molecule has 1 amide bonds. The molecule has 0 aromatic heterocycles. The lowest BCUT2D eigenvalue weighted by Crippen LogP contribution is -2.20. The molecule has 0 saturated heterocycles. The fraction of sp³-hybridized carbons (Fsp3) is 0.222. The van der Waals surface area contributed by atoms with Crippen LogP contribution in [0, 0.1) is 6.92 Å². The lowest BCUT2D eigenvalue weighted by molar-refractivity contribution is -0.126. The molecule has 0 bridgehead atoms. The number of hydrogen-bond acceptors (Lipinski definition) is 2. The van der Waals surface area contributed by atoms with Gasteiger partial charge in [-0.2, -0.15) is 0 Å². The van der Waals surface area contributed by atoms with Gasteiger partial charge in [-0.05, 0) is 30.2 Å². The van der Waals surface area contributed by atoms with Crippen LogP contribution in [0.4, 0.5) is 0 Å². The Morgan fingerprint density at radius 2 is 2.15 bits per heavy atom. The zero-order chi connectivity index (χ0) is 10.0. The van der Waals surface area contributed by atoms with E-state index in [0.717, 1.165) is 5.56 Å². The molecular weight excluding hydrogens is 190 g/mol. The Hall–Kier alpha value is -1.06. The van der Waals surface area contributed by atoms with Crippen LogP contribution in [0.25, 0.3) is 0 Å². The first-order valence-corrected chi connectivity index (χ1v) is 4.13. The summed E-state index contributed by atoms with van der Waals surface area (Å²) >= 11 is 5.74. The SMILES string of the molecule is Cc1cc(Cl)cc(C(O)C(N)=O)c1. The Morgan fingerprint density at radius 3 is 2.62 bits per heavy atom. The second kappa shape index (κ2) is 3.77. The van der Waals surface area contributed by atoms with E-state index in [0.29, 0.717) is 10.6 Å². The molecule has 0 spiro atoms. The van der Waals surface area contributed by atoms with E-state index >= 15 is 0 Å². The van der Waals surface area contributed by atoms with Gasteiger partial charge in [-0.1, -0.05) is 17.7 Å². The summed E-state index contributed by atoms with van der Waals surface area (Å²) in [7, 11) is 0. The van der Waals surface area contributed by atoms with Crippen LogP contribution in [0.1, 0.15) is 17.2 Å². The molecule has 0 aliphatic heterocycles. The highest BCUT2D eigenvalue weighted by atomic mass is 35.5. The molecule has 4 heteroatoms. The Balaban J connectivity index is 3.07. The molecule has 0 aliphatic rings. The second-order valence-electron chi connectivity index (χ2n) is 2.87. The lowest BCUT2D eigenvalue weighted by Gasteiger charge is -2.07. The third-order valence-electron chi connectivity index (χ3n) is 1.65. The third kappa shape index (κ3) is 2.44. The summed E-state index contributed by atoms with van der Waals surface area (Å²) in [4.78, 5) is 10.7. The van der Waals surface area contributed by atoms with Crippen LogP contribution >= 0.6 is 11.6 Å². The predicted octanol–water partition coefficient (Wildman–Crippen LogP) is 1.17. The van der Waals surface area contributed by atoms with E-state index in [-0.39, 0.29) is 0 Å². The van der Waals surface area contributed by atoms with Crippen molar-refractivity contribution in [2.45, 2.75) is 13.0 Å². The number of primary amides is 1. The Labute approximate surface area is 81.1 Å². The summed E-state index contributed by atoms with van der Waals surface area (Å²) in [5.74, 6) is -0.776. The average Bonchev–Trinajstić information content (AvgIpc) is 2.01. The number of nitrogens with two attached hydrogens (primary N) is 1. The zero-order valence-electron chi connectivity index (χ0n) is 7.12. The highest BCUT2D eigenvalue weighted by Gasteiger charge is 2.14. The Morgan fingerprint density at radius 1 is 1.54 bits per heavy atom. The first-order valence-electron chi connectivity index (χ1n) is 3.75. The molecule has 13 heavy (non-hydrogen) atoms. The van der Waals surface area contributed by atoms with Gasteiger partial charge in [0.05, 0.1) is 0 Å². The molecule has 1 aromatic rings. The molecule has 0 radical (unpaired) electrons. The van der Waals surface area contributed by atoms with Crippen molar-refractivity contribution in [1.82, 2.24) is 0 Å². The summed E-state index contributed by atoms with van der Waals surface area (Å²) < 4.78 is 0. The number of hydrogen-bond donors (Lipinski definition) is 2. The van der Waals surface area contributed by atoms with Gasteiger partial charge in [0.1, 0.15) is 0 Å². The summed E-state index contributed by atoms with van der Waals surface area (Å²) in [6, 6.07) is 4.92. The molecule has 3 N–H and O–H groups in total. The predicted molar refractivity (Wildman–Crippen MR) is 50.3 cm³/mol. The van der Waals surface area contributed by atoms with Gasteiger partial charge in [-0.3, -0.25) is 4.79 Å². The number of aryl methyl sites for hydroxylation is 1. The third-order valence-corrected chi connectivity index (χ3v) is 1.87. The number of aliphatic hydroxyl groups excluding tert-OH is 1. The van der Waals surface area contributed by atoms with E-state index in [1.54, 1.807) is 12.1 Å². The van der Waals surface area contributed by atoms with Crippen molar-refractivity contribution in [3.63, 3.8) is 0 Å². The van der Waals surface area contributed by atoms with Crippen LogP contribution in [0.5, 0.6) is 0 Å². The van der Waals surface area contributed by atoms with Crippen LogP contribution in [-0.2, 0) is 4.79 Å². The van der Waals surface area contributed by atoms with Gasteiger partial charge in [0, 0.05) is 5.02 Å². The van der Waals surface area contributed by atoms with Crippen LogP contribution in [0.2, 0.25) is 5.02 Å². The topological polar surface area (TPSA) is 63.3 Å². The highest BCUT2D eigenvalue weighted by Crippen LogP contribution is 2.19. The largest absolute Gasteiger partial charge is 0.378 e. The minimum absolute atomic E-state index is 0.428. The molecule has 1 unspecified atom stereocenters. The monoisotopic (exact) mass is 199 g/mol. The molecule has 1 atom stereocenters. The van der Waals surface area contributed by atoms with Gasteiger partial charge in [0.25, 0.3) is 5.91 Å². The van der Waals surface area contributed by atoms with Gasteiger partial charge in [0.2, 0.25) is 0 Å². The molecule has 1 rings (SSSR count). The zero-order valence-corrected chi connectivity index (χ0v) is 7.88. The number of aliphatic hydroxyl groups is 1. The maximum absolute atomic E-state index is 10.7. The number of rotatable bonds is 2. The maximum atomic E-state index is 10.7. The van der Waals surface area contributed by atoms with E-state index in [9.17, 15) is 9.90 Å². The van der Waals surface area contributed by atoms with Crippen molar-refractivity contribution in [2.24, 2.45) is 5.73 Å². The smallest absolute Gasteiger partial charge is 0.250 e. The molecule has 3 nitrogen and oxygen atoms in total. The normalized spacial score (nSPS) is 12.5. The number of halogens is 1. The van der Waals surface area contributed by atoms with E-state index in [2.05, 4.69) is 0 Å². The van der Waals surface area contributed by atoms with Crippen molar-refractivity contribution in [3.8, 4) is 0 Å². The summed E-state index contributed by atoms with van der Waals surface area (Å²) in [5.41, 5.74) is 6.24. The molecule has 1 aromatic carbocycles. The maximum Gasteiger partial charge on any atom is 0.250 e. The van der Waals surface area contributed by atoms with Gasteiger partial charge >= 0.3 is 0 Å². The summed E-state index contributed by atoms with van der Waals surface area (Å²) in [5, 5.41) is 9.80.